The normalized spacial score (nSPS) is 11.6. The van der Waals surface area contributed by atoms with Crippen LogP contribution in [0.15, 0.2) is 24.4 Å². The molecule has 2 aromatic rings. The molecule has 0 radical (unpaired) electrons. The number of hydrogen-bond acceptors (Lipinski definition) is 3. The monoisotopic (exact) mass is 500 g/mol. The summed E-state index contributed by atoms with van der Waals surface area (Å²) in [5, 5.41) is 10.5. The van der Waals surface area contributed by atoms with Crippen molar-refractivity contribution in [2.24, 2.45) is 0 Å². The predicted octanol–water partition coefficient (Wildman–Crippen LogP) is 7.61. The van der Waals surface area contributed by atoms with Gasteiger partial charge < -0.3 is 9.84 Å². The van der Waals surface area contributed by atoms with Crippen LogP contribution < -0.4 is 9.64 Å². The molecule has 1 aromatic carbocycles. The van der Waals surface area contributed by atoms with Crippen molar-refractivity contribution in [3.8, 4) is 17.2 Å². The van der Waals surface area contributed by atoms with Gasteiger partial charge >= 0.3 is 6.09 Å². The first-order valence-electron chi connectivity index (χ1n) is 11.7. The van der Waals surface area contributed by atoms with Crippen LogP contribution in [0.5, 0.6) is 5.75 Å². The zero-order valence-corrected chi connectivity index (χ0v) is 23.5. The molecule has 184 valence electrons. The number of halogens is 1. The molecule has 0 spiro atoms. The Morgan fingerprint density at radius 1 is 1.12 bits per heavy atom. The van der Waals surface area contributed by atoms with Gasteiger partial charge in [-0.2, -0.15) is 0 Å². The van der Waals surface area contributed by atoms with Crippen molar-refractivity contribution in [1.29, 1.82) is 0 Å². The standard InChI is InChI=1S/C27H37ClN2O3Si/c1-17(2)34(18(3)4,19(5)6)11-10-22-12-23(28)14-24(13-22)30(27(31)32)16-25-21(8)26(33-9)20(7)15-29-25/h12-15,17-19H,16H2,1-9H3,(H,31,32). The van der Waals surface area contributed by atoms with E-state index in [2.05, 4.69) is 58.0 Å². The van der Waals surface area contributed by atoms with Crippen LogP contribution in [0.3, 0.4) is 0 Å². The van der Waals surface area contributed by atoms with Crippen molar-refractivity contribution in [2.75, 3.05) is 12.0 Å². The molecule has 0 aliphatic rings. The quantitative estimate of drug-likeness (QED) is 0.313. The number of pyridine rings is 1. The van der Waals surface area contributed by atoms with E-state index in [0.717, 1.165) is 16.7 Å². The molecule has 0 unspecified atom stereocenters. The molecule has 0 saturated carbocycles. The van der Waals surface area contributed by atoms with Crippen LogP contribution in [-0.2, 0) is 6.54 Å². The first-order chi connectivity index (χ1) is 15.8. The van der Waals surface area contributed by atoms with E-state index in [1.54, 1.807) is 31.5 Å². The molecule has 1 N–H and O–H groups in total. The molecule has 2 rings (SSSR count). The van der Waals surface area contributed by atoms with Crippen LogP contribution in [0.25, 0.3) is 0 Å². The predicted molar refractivity (Wildman–Crippen MR) is 144 cm³/mol. The summed E-state index contributed by atoms with van der Waals surface area (Å²) in [6.07, 6.45) is 0.613. The van der Waals surface area contributed by atoms with Crippen molar-refractivity contribution in [3.05, 3.63) is 51.8 Å². The number of methoxy groups -OCH3 is 1. The van der Waals surface area contributed by atoms with Gasteiger partial charge in [-0.25, -0.2) is 4.79 Å². The maximum Gasteiger partial charge on any atom is 0.412 e. The minimum absolute atomic E-state index is 0.0771. The van der Waals surface area contributed by atoms with Gasteiger partial charge in [-0.1, -0.05) is 59.1 Å². The number of aromatic nitrogens is 1. The van der Waals surface area contributed by atoms with Gasteiger partial charge in [0.1, 0.15) is 13.8 Å². The molecular formula is C27H37ClN2O3Si. The number of anilines is 1. The molecule has 1 aromatic heterocycles. The summed E-state index contributed by atoms with van der Waals surface area (Å²) in [6, 6.07) is 5.25. The molecule has 7 heteroatoms. The summed E-state index contributed by atoms with van der Waals surface area (Å²) in [4.78, 5) is 18.0. The molecule has 0 aliphatic heterocycles. The summed E-state index contributed by atoms with van der Waals surface area (Å²) < 4.78 is 5.48. The average Bonchev–Trinajstić information content (AvgIpc) is 2.72. The van der Waals surface area contributed by atoms with Crippen molar-refractivity contribution < 1.29 is 14.6 Å². The Kier molecular flexibility index (Phi) is 9.21. The van der Waals surface area contributed by atoms with Gasteiger partial charge in [0.15, 0.2) is 0 Å². The number of aryl methyl sites for hydroxylation is 1. The molecule has 34 heavy (non-hydrogen) atoms. The minimum atomic E-state index is -1.94. The minimum Gasteiger partial charge on any atom is -0.496 e. The highest BCUT2D eigenvalue weighted by atomic mass is 35.5. The largest absolute Gasteiger partial charge is 0.496 e. The molecule has 0 aliphatic carbocycles. The van der Waals surface area contributed by atoms with E-state index in [1.807, 2.05) is 13.8 Å². The van der Waals surface area contributed by atoms with E-state index in [0.29, 0.717) is 38.8 Å². The van der Waals surface area contributed by atoms with E-state index in [9.17, 15) is 9.90 Å². The third-order valence-corrected chi connectivity index (χ3v) is 13.3. The van der Waals surface area contributed by atoms with Gasteiger partial charge in [0.05, 0.1) is 25.0 Å². The molecule has 1 amide bonds. The Bertz CT molecular complexity index is 1080. The SMILES string of the molecule is COc1c(C)cnc(CN(C(=O)O)c2cc(Cl)cc(C#C[Si](C(C)C)(C(C)C)C(C)C)c2)c1C. The second-order valence-electron chi connectivity index (χ2n) is 9.76. The molecular weight excluding hydrogens is 464 g/mol. The Balaban J connectivity index is 2.55. The van der Waals surface area contributed by atoms with Crippen LogP contribution in [0.4, 0.5) is 10.5 Å². The smallest absolute Gasteiger partial charge is 0.412 e. The Morgan fingerprint density at radius 2 is 1.71 bits per heavy atom. The number of hydrogen-bond donors (Lipinski definition) is 1. The van der Waals surface area contributed by atoms with Gasteiger partial charge in [-0.3, -0.25) is 9.88 Å². The summed E-state index contributed by atoms with van der Waals surface area (Å²) in [5.74, 6) is 4.09. The highest BCUT2D eigenvalue weighted by molar-refractivity contribution is 6.90. The maximum atomic E-state index is 12.2. The third-order valence-electron chi connectivity index (χ3n) is 6.77. The van der Waals surface area contributed by atoms with Crippen molar-refractivity contribution in [2.45, 2.75) is 78.6 Å². The summed E-state index contributed by atoms with van der Waals surface area (Å²) in [5.41, 5.74) is 8.72. The van der Waals surface area contributed by atoms with E-state index < -0.39 is 14.2 Å². The zero-order valence-electron chi connectivity index (χ0n) is 21.8. The fourth-order valence-electron chi connectivity index (χ4n) is 5.07. The lowest BCUT2D eigenvalue weighted by atomic mass is 10.1. The average molecular weight is 501 g/mol. The fourth-order valence-corrected chi connectivity index (χ4v) is 10.5. The molecule has 0 fully saturated rings. The number of amides is 1. The number of benzene rings is 1. The number of carbonyl (C=O) groups is 1. The molecule has 5 nitrogen and oxygen atoms in total. The summed E-state index contributed by atoms with van der Waals surface area (Å²) in [6.45, 7) is 17.5. The molecule has 1 heterocycles. The Hall–Kier alpha value is -2.49. The third kappa shape index (κ3) is 5.76. The van der Waals surface area contributed by atoms with Crippen molar-refractivity contribution >= 4 is 31.5 Å². The van der Waals surface area contributed by atoms with Crippen LogP contribution in [-0.4, -0.2) is 31.4 Å². The second kappa shape index (κ2) is 11.3. The van der Waals surface area contributed by atoms with Gasteiger partial charge in [-0.05, 0) is 48.7 Å². The first kappa shape index (κ1) is 27.7. The highest BCUT2D eigenvalue weighted by Gasteiger charge is 2.41. The van der Waals surface area contributed by atoms with Crippen LogP contribution in [0, 0.1) is 25.3 Å². The second-order valence-corrected chi connectivity index (χ2v) is 15.8. The lowest BCUT2D eigenvalue weighted by Crippen LogP contribution is -2.43. The first-order valence-corrected chi connectivity index (χ1v) is 14.3. The van der Waals surface area contributed by atoms with Crippen molar-refractivity contribution in [1.82, 2.24) is 4.98 Å². The lowest BCUT2D eigenvalue weighted by Gasteiger charge is -2.38. The fraction of sp³-hybridized carbons (Fsp3) is 0.481. The van der Waals surface area contributed by atoms with E-state index in [-0.39, 0.29) is 6.54 Å². The lowest BCUT2D eigenvalue weighted by molar-refractivity contribution is 0.201. The van der Waals surface area contributed by atoms with E-state index in [1.165, 1.54) is 4.90 Å². The number of ether oxygens (including phenoxy) is 1. The summed E-state index contributed by atoms with van der Waals surface area (Å²) in [7, 11) is -0.335. The number of nitrogens with zero attached hydrogens (tertiary/aromatic N) is 2. The van der Waals surface area contributed by atoms with Gasteiger partial charge in [-0.15, -0.1) is 5.54 Å². The number of carboxylic acid groups (broad SMARTS) is 1. The maximum absolute atomic E-state index is 12.2. The van der Waals surface area contributed by atoms with Crippen LogP contribution >= 0.6 is 11.6 Å². The van der Waals surface area contributed by atoms with Crippen LogP contribution in [0.1, 0.15) is 63.9 Å². The molecule has 0 bridgehead atoms. The highest BCUT2D eigenvalue weighted by Crippen LogP contribution is 2.41. The van der Waals surface area contributed by atoms with Gasteiger partial charge in [0.2, 0.25) is 0 Å². The zero-order chi connectivity index (χ0) is 25.8. The van der Waals surface area contributed by atoms with Crippen LogP contribution in [0.2, 0.25) is 21.6 Å². The van der Waals surface area contributed by atoms with E-state index in [4.69, 9.17) is 16.3 Å². The molecule has 0 atom stereocenters. The van der Waals surface area contributed by atoms with E-state index >= 15 is 0 Å². The topological polar surface area (TPSA) is 62.7 Å². The Labute approximate surface area is 210 Å². The summed E-state index contributed by atoms with van der Waals surface area (Å²) >= 11 is 6.43. The number of rotatable bonds is 7. The van der Waals surface area contributed by atoms with Gasteiger partial charge in [0.25, 0.3) is 0 Å². The van der Waals surface area contributed by atoms with Crippen molar-refractivity contribution in [3.63, 3.8) is 0 Å². The molecule has 0 saturated heterocycles. The van der Waals surface area contributed by atoms with Gasteiger partial charge in [0, 0.05) is 27.9 Å². The Morgan fingerprint density at radius 3 is 2.21 bits per heavy atom.